The minimum atomic E-state index is -4.89. The first kappa shape index (κ1) is 25.0. The van der Waals surface area contributed by atoms with Crippen LogP contribution in [0.15, 0.2) is 42.5 Å². The lowest BCUT2D eigenvalue weighted by Crippen LogP contribution is -2.68. The van der Waals surface area contributed by atoms with Gasteiger partial charge in [-0.1, -0.05) is 12.1 Å². The number of hydrogen-bond acceptors (Lipinski definition) is 6. The van der Waals surface area contributed by atoms with Crippen molar-refractivity contribution in [1.29, 1.82) is 0 Å². The fourth-order valence-corrected chi connectivity index (χ4v) is 4.55. The van der Waals surface area contributed by atoms with Crippen LogP contribution in [0.2, 0.25) is 0 Å². The Bertz CT molecular complexity index is 1140. The van der Waals surface area contributed by atoms with Crippen LogP contribution in [0.1, 0.15) is 30.4 Å². The molecular formula is C22H21F3N2O7. The summed E-state index contributed by atoms with van der Waals surface area (Å²) in [7, 11) is 0. The molecule has 3 rings (SSSR count). The molecule has 34 heavy (non-hydrogen) atoms. The molecule has 0 bridgehead atoms. The van der Waals surface area contributed by atoms with Crippen molar-refractivity contribution in [1.82, 2.24) is 4.48 Å². The van der Waals surface area contributed by atoms with Gasteiger partial charge in [0, 0.05) is 30.2 Å². The summed E-state index contributed by atoms with van der Waals surface area (Å²) in [5.74, 6) is -2.37. The van der Waals surface area contributed by atoms with Gasteiger partial charge >= 0.3 is 12.3 Å². The third kappa shape index (κ3) is 4.81. The second-order valence-corrected chi connectivity index (χ2v) is 8.69. The van der Waals surface area contributed by atoms with Gasteiger partial charge in [-0.3, -0.25) is 14.9 Å². The largest absolute Gasteiger partial charge is 0.573 e. The molecule has 1 N–H and O–H groups in total. The van der Waals surface area contributed by atoms with E-state index in [0.717, 1.165) is 18.2 Å². The molecule has 1 saturated heterocycles. The van der Waals surface area contributed by atoms with Crippen LogP contribution in [0.5, 0.6) is 5.75 Å². The number of quaternary nitrogens is 1. The number of alkyl halides is 3. The number of aliphatic carboxylic acids is 1. The van der Waals surface area contributed by atoms with Gasteiger partial charge in [-0.25, -0.2) is 4.48 Å². The zero-order chi connectivity index (χ0) is 25.5. The van der Waals surface area contributed by atoms with Crippen LogP contribution in [0.25, 0.3) is 0 Å². The first-order valence-electron chi connectivity index (χ1n) is 10.1. The molecule has 1 aliphatic rings. The number of carboxylic acid groups (broad SMARTS) is 2. The molecule has 3 unspecified atom stereocenters. The molecule has 12 heteroatoms. The van der Waals surface area contributed by atoms with E-state index in [1.54, 1.807) is 0 Å². The summed E-state index contributed by atoms with van der Waals surface area (Å²) >= 11 is 0. The highest BCUT2D eigenvalue weighted by molar-refractivity contribution is 5.83. The Balaban J connectivity index is 2.09. The molecule has 0 spiro atoms. The van der Waals surface area contributed by atoms with E-state index < -0.39 is 44.9 Å². The van der Waals surface area contributed by atoms with Crippen molar-refractivity contribution < 1.29 is 42.6 Å². The van der Waals surface area contributed by atoms with Crippen LogP contribution < -0.4 is 14.3 Å². The van der Waals surface area contributed by atoms with E-state index in [4.69, 9.17) is 0 Å². The fraction of sp³-hybridized carbons (Fsp3) is 0.364. The third-order valence-electron chi connectivity index (χ3n) is 6.16. The third-order valence-corrected chi connectivity index (χ3v) is 6.16. The van der Waals surface area contributed by atoms with Crippen LogP contribution in [-0.4, -0.2) is 41.5 Å². The quantitative estimate of drug-likeness (QED) is 0.390. The Labute approximate surface area is 191 Å². The summed E-state index contributed by atoms with van der Waals surface area (Å²) in [4.78, 5) is 34.9. The zero-order valence-corrected chi connectivity index (χ0v) is 18.2. The van der Waals surface area contributed by atoms with Gasteiger partial charge in [-0.2, -0.15) is 0 Å². The Kier molecular flexibility index (Phi) is 6.31. The topological polar surface area (TPSA) is 130 Å². The Morgan fingerprint density at radius 3 is 2.29 bits per heavy atom. The summed E-state index contributed by atoms with van der Waals surface area (Å²) in [5, 5.41) is 33.3. The molecule has 0 aliphatic carbocycles. The second kappa shape index (κ2) is 8.60. The van der Waals surface area contributed by atoms with Gasteiger partial charge in [0.1, 0.15) is 23.4 Å². The average molecular weight is 482 g/mol. The number of nitrogens with zero attached hydrogens (tertiary/aromatic N) is 2. The molecule has 1 amide bonds. The zero-order valence-electron chi connectivity index (χ0n) is 18.2. The number of nitro groups is 1. The predicted octanol–water partition coefficient (Wildman–Crippen LogP) is 3.73. The summed E-state index contributed by atoms with van der Waals surface area (Å²) in [5.41, 5.74) is -1.15. The standard InChI is InChI=1S/C22H21F3N2O7/c1-13-9-14(3-8-18(13)34-22(23,24)25)15-10-21(2,19(28)29)12-27(11-15,20(30)31)17-6-4-16(5-7-17)26(32)33/h3-9,15H,10-12H2,1-2H3,(H-,28,29,30,31). The highest BCUT2D eigenvalue weighted by Crippen LogP contribution is 2.45. The highest BCUT2D eigenvalue weighted by atomic mass is 19.4. The summed E-state index contributed by atoms with van der Waals surface area (Å²) in [6, 6.07) is 8.56. The van der Waals surface area contributed by atoms with Gasteiger partial charge in [0.05, 0.1) is 11.5 Å². The van der Waals surface area contributed by atoms with Gasteiger partial charge in [0.15, 0.2) is 0 Å². The highest BCUT2D eigenvalue weighted by Gasteiger charge is 2.53. The molecule has 3 atom stereocenters. The van der Waals surface area contributed by atoms with E-state index in [1.807, 2.05) is 0 Å². The smallest absolute Gasteiger partial charge is 0.498 e. The summed E-state index contributed by atoms with van der Waals surface area (Å²) in [6.07, 6.45) is -6.47. The fourth-order valence-electron chi connectivity index (χ4n) is 4.55. The van der Waals surface area contributed by atoms with E-state index >= 15 is 0 Å². The van der Waals surface area contributed by atoms with Gasteiger partial charge in [-0.15, -0.1) is 13.2 Å². The molecule has 182 valence electrons. The van der Waals surface area contributed by atoms with Crippen molar-refractivity contribution in [3.05, 3.63) is 63.7 Å². The Morgan fingerprint density at radius 2 is 1.82 bits per heavy atom. The number of halogens is 3. The van der Waals surface area contributed by atoms with Crippen molar-refractivity contribution in [2.24, 2.45) is 5.41 Å². The molecule has 2 aromatic rings. The van der Waals surface area contributed by atoms with E-state index in [2.05, 4.69) is 4.74 Å². The SMILES string of the molecule is Cc1cc(C2CC(C)(C(=O)O)C[N+](C(=O)[O-])(c3ccc([N+](=O)[O-])cc3)C2)ccc1OC(F)(F)F. The van der Waals surface area contributed by atoms with Crippen LogP contribution in [0.3, 0.4) is 0 Å². The average Bonchev–Trinajstić information content (AvgIpc) is 2.73. The molecule has 0 aromatic heterocycles. The van der Waals surface area contributed by atoms with Crippen molar-refractivity contribution in [3.63, 3.8) is 0 Å². The molecule has 1 heterocycles. The molecule has 1 aliphatic heterocycles. The number of nitro benzene ring substituents is 1. The number of carboxylic acids is 1. The Morgan fingerprint density at radius 1 is 1.21 bits per heavy atom. The van der Waals surface area contributed by atoms with Crippen molar-refractivity contribution in [2.45, 2.75) is 32.5 Å². The maximum atomic E-state index is 12.6. The summed E-state index contributed by atoms with van der Waals surface area (Å²) in [6.45, 7) is 2.23. The monoisotopic (exact) mass is 482 g/mol. The van der Waals surface area contributed by atoms with Gasteiger partial charge in [-0.05, 0) is 37.5 Å². The number of carbonyl (C=O) groups is 2. The predicted molar refractivity (Wildman–Crippen MR) is 111 cm³/mol. The number of non-ortho nitro benzene ring substituents is 1. The number of piperidine rings is 1. The molecule has 0 radical (unpaired) electrons. The number of likely N-dealkylation sites (tertiary alicyclic amines) is 1. The van der Waals surface area contributed by atoms with E-state index in [0.29, 0.717) is 5.56 Å². The molecule has 9 nitrogen and oxygen atoms in total. The van der Waals surface area contributed by atoms with Gasteiger partial charge in [0.2, 0.25) is 0 Å². The number of hydrogen-bond donors (Lipinski definition) is 1. The van der Waals surface area contributed by atoms with Gasteiger partial charge in [0.25, 0.3) is 11.8 Å². The van der Waals surface area contributed by atoms with E-state index in [9.17, 15) is 43.1 Å². The lowest BCUT2D eigenvalue weighted by atomic mass is 9.73. The number of aryl methyl sites for hydroxylation is 1. The molecule has 1 fully saturated rings. The number of benzene rings is 2. The first-order valence-corrected chi connectivity index (χ1v) is 10.1. The molecule has 0 saturated carbocycles. The molecule has 2 aromatic carbocycles. The van der Waals surface area contributed by atoms with Crippen LogP contribution in [0, 0.1) is 22.5 Å². The number of ether oxygens (including phenoxy) is 1. The summed E-state index contributed by atoms with van der Waals surface area (Å²) < 4.78 is 40.9. The minimum absolute atomic E-state index is 0.0154. The lowest BCUT2D eigenvalue weighted by Gasteiger charge is -2.49. The second-order valence-electron chi connectivity index (χ2n) is 8.69. The van der Waals surface area contributed by atoms with Gasteiger partial charge < -0.3 is 19.7 Å². The van der Waals surface area contributed by atoms with Crippen LogP contribution >= 0.6 is 0 Å². The van der Waals surface area contributed by atoms with Crippen LogP contribution in [-0.2, 0) is 4.79 Å². The molecular weight excluding hydrogens is 461 g/mol. The Hall–Kier alpha value is -3.67. The maximum absolute atomic E-state index is 12.6. The van der Waals surface area contributed by atoms with Crippen LogP contribution in [0.4, 0.5) is 29.3 Å². The first-order chi connectivity index (χ1) is 15.7. The van der Waals surface area contributed by atoms with Crippen molar-refractivity contribution in [2.75, 3.05) is 13.1 Å². The van der Waals surface area contributed by atoms with E-state index in [-0.39, 0.29) is 36.4 Å². The lowest BCUT2D eigenvalue weighted by molar-refractivity contribution is -0.384. The number of amides is 1. The van der Waals surface area contributed by atoms with Crippen molar-refractivity contribution >= 4 is 23.4 Å². The number of rotatable bonds is 5. The van der Waals surface area contributed by atoms with Crippen molar-refractivity contribution in [3.8, 4) is 5.75 Å². The van der Waals surface area contributed by atoms with E-state index in [1.165, 1.54) is 38.1 Å². The number of carbonyl (C=O) groups excluding carboxylic acids is 1. The normalized spacial score (nSPS) is 24.9. The minimum Gasteiger partial charge on any atom is -0.498 e. The maximum Gasteiger partial charge on any atom is 0.573 e.